The number of hydrogen-bond donors (Lipinski definition) is 2. The van der Waals surface area contributed by atoms with Crippen LogP contribution in [0.3, 0.4) is 0 Å². The summed E-state index contributed by atoms with van der Waals surface area (Å²) in [5, 5.41) is 0. The largest absolute Gasteiger partial charge is 0.463 e. The molecule has 1 heterocycles. The number of amides is 1. The molecular weight excluding hydrogens is 406 g/mol. The quantitative estimate of drug-likeness (QED) is 0.233. The van der Waals surface area contributed by atoms with E-state index in [2.05, 4.69) is 14.7 Å². The highest BCUT2D eigenvalue weighted by atomic mass is 16.5. The van der Waals surface area contributed by atoms with Crippen molar-refractivity contribution in [3.05, 3.63) is 75.7 Å². The van der Waals surface area contributed by atoms with E-state index in [1.807, 2.05) is 0 Å². The number of fused-ring (bicyclic) bond motifs is 1. The third-order valence-corrected chi connectivity index (χ3v) is 4.44. The van der Waals surface area contributed by atoms with Gasteiger partial charge in [-0.2, -0.15) is 0 Å². The molecule has 0 aliphatic heterocycles. The van der Waals surface area contributed by atoms with Crippen molar-refractivity contribution in [1.29, 1.82) is 0 Å². The van der Waals surface area contributed by atoms with Crippen molar-refractivity contribution in [3.8, 4) is 0 Å². The fourth-order valence-corrected chi connectivity index (χ4v) is 2.92. The van der Waals surface area contributed by atoms with Crippen molar-refractivity contribution in [2.45, 2.75) is 5.92 Å². The predicted molar refractivity (Wildman–Crippen MR) is 106 cm³/mol. The van der Waals surface area contributed by atoms with Crippen LogP contribution >= 0.6 is 0 Å². The van der Waals surface area contributed by atoms with E-state index in [9.17, 15) is 28.8 Å². The molecule has 0 unspecified atom stereocenters. The first-order valence-corrected chi connectivity index (χ1v) is 8.84. The summed E-state index contributed by atoms with van der Waals surface area (Å²) in [6, 6.07) is 12.7. The topological polar surface area (TPSA) is 166 Å². The number of nitrogens with two attached hydrogens (primary N) is 1. The minimum absolute atomic E-state index is 0.110. The van der Waals surface area contributed by atoms with Crippen molar-refractivity contribution < 1.29 is 28.7 Å². The molecule has 3 rings (SSSR count). The molecular formula is C21H15N3O7. The van der Waals surface area contributed by atoms with Gasteiger partial charge in [-0.15, -0.1) is 0 Å². The monoisotopic (exact) mass is 421 g/mol. The molecule has 1 atom stereocenters. The summed E-state index contributed by atoms with van der Waals surface area (Å²) in [5.74, 6) is -8.35. The van der Waals surface area contributed by atoms with Crippen LogP contribution in [0.5, 0.6) is 0 Å². The van der Waals surface area contributed by atoms with Crippen LogP contribution in [0, 0.1) is 0 Å². The Balaban J connectivity index is 2.11. The SMILES string of the molecule is COC(=O)C(=O)[C@H](C(=O)C(N)=O)c1nc2ccc(C(=O)c3ccccc3)cc2[nH]c1=O. The Kier molecular flexibility index (Phi) is 5.82. The lowest BCUT2D eigenvalue weighted by molar-refractivity contribution is -0.154. The second kappa shape index (κ2) is 8.49. The summed E-state index contributed by atoms with van der Waals surface area (Å²) < 4.78 is 4.29. The molecule has 0 bridgehead atoms. The molecule has 3 aromatic rings. The van der Waals surface area contributed by atoms with E-state index >= 15 is 0 Å². The number of ketones is 3. The van der Waals surface area contributed by atoms with Crippen LogP contribution < -0.4 is 11.3 Å². The molecule has 3 N–H and O–H groups in total. The molecule has 10 heteroatoms. The maximum absolute atomic E-state index is 12.6. The van der Waals surface area contributed by atoms with Gasteiger partial charge < -0.3 is 15.5 Å². The summed E-state index contributed by atoms with van der Waals surface area (Å²) >= 11 is 0. The molecule has 0 radical (unpaired) electrons. The number of aromatic nitrogens is 2. The minimum Gasteiger partial charge on any atom is -0.463 e. The lowest BCUT2D eigenvalue weighted by atomic mass is 9.94. The van der Waals surface area contributed by atoms with Crippen LogP contribution in [0.4, 0.5) is 0 Å². The zero-order valence-corrected chi connectivity index (χ0v) is 16.1. The van der Waals surface area contributed by atoms with Crippen molar-refractivity contribution >= 4 is 40.3 Å². The van der Waals surface area contributed by atoms with Crippen LogP contribution in [0.15, 0.2) is 53.3 Å². The van der Waals surface area contributed by atoms with Gasteiger partial charge in [-0.1, -0.05) is 30.3 Å². The Hall–Kier alpha value is -4.47. The second-order valence-electron chi connectivity index (χ2n) is 6.40. The number of benzene rings is 2. The third-order valence-electron chi connectivity index (χ3n) is 4.44. The van der Waals surface area contributed by atoms with E-state index in [1.165, 1.54) is 18.2 Å². The Morgan fingerprint density at radius 3 is 2.26 bits per heavy atom. The summed E-state index contributed by atoms with van der Waals surface area (Å²) in [6.45, 7) is 0. The fraction of sp³-hybridized carbons (Fsp3) is 0.0952. The lowest BCUT2D eigenvalue weighted by Gasteiger charge is -2.11. The number of rotatable bonds is 7. The minimum atomic E-state index is -2.15. The van der Waals surface area contributed by atoms with Crippen LogP contribution in [-0.4, -0.2) is 46.3 Å². The maximum Gasteiger partial charge on any atom is 0.375 e. The number of hydrogen-bond acceptors (Lipinski definition) is 8. The average Bonchev–Trinajstić information content (AvgIpc) is 2.78. The Bertz CT molecular complexity index is 1300. The fourth-order valence-electron chi connectivity index (χ4n) is 2.92. The van der Waals surface area contributed by atoms with Gasteiger partial charge in [0.1, 0.15) is 11.6 Å². The molecule has 0 saturated carbocycles. The summed E-state index contributed by atoms with van der Waals surface area (Å²) in [6.07, 6.45) is 0. The highest BCUT2D eigenvalue weighted by Crippen LogP contribution is 2.19. The molecule has 0 saturated heterocycles. The highest BCUT2D eigenvalue weighted by molar-refractivity contribution is 6.50. The van der Waals surface area contributed by atoms with Gasteiger partial charge >= 0.3 is 5.97 Å². The van der Waals surface area contributed by atoms with E-state index in [-0.39, 0.29) is 22.4 Å². The van der Waals surface area contributed by atoms with Crippen molar-refractivity contribution in [2.24, 2.45) is 5.73 Å². The van der Waals surface area contributed by atoms with E-state index in [0.29, 0.717) is 5.56 Å². The molecule has 1 aromatic heterocycles. The highest BCUT2D eigenvalue weighted by Gasteiger charge is 2.39. The third kappa shape index (κ3) is 4.13. The number of ether oxygens (including phenoxy) is 1. The van der Waals surface area contributed by atoms with Crippen LogP contribution in [0.1, 0.15) is 27.5 Å². The van der Waals surface area contributed by atoms with Gasteiger partial charge in [0.2, 0.25) is 5.78 Å². The first kappa shape index (κ1) is 21.2. The molecule has 0 aliphatic rings. The number of aromatic amines is 1. The zero-order chi connectivity index (χ0) is 22.7. The smallest absolute Gasteiger partial charge is 0.375 e. The van der Waals surface area contributed by atoms with Gasteiger partial charge in [-0.05, 0) is 18.2 Å². The van der Waals surface area contributed by atoms with Gasteiger partial charge in [0.25, 0.3) is 17.2 Å². The van der Waals surface area contributed by atoms with Gasteiger partial charge in [0, 0.05) is 11.1 Å². The number of H-pyrrole nitrogens is 1. The summed E-state index contributed by atoms with van der Waals surface area (Å²) in [7, 11) is 0.898. The number of Topliss-reactive ketones (excluding diaryl/α,β-unsaturated/α-hetero) is 2. The number of primary amides is 1. The molecule has 1 amide bonds. The maximum atomic E-state index is 12.6. The van der Waals surface area contributed by atoms with Crippen molar-refractivity contribution in [2.75, 3.05) is 7.11 Å². The van der Waals surface area contributed by atoms with E-state index < -0.39 is 40.6 Å². The standard InChI is InChI=1S/C21H15N3O7/c1-31-21(30)18(27)14(17(26)19(22)28)15-20(29)24-13-9-11(7-8-12(13)23-15)16(25)10-5-3-2-4-6-10/h2-9,14H,1H3,(H2,22,28)(H,24,29)/t14-/m0/s1. The van der Waals surface area contributed by atoms with Crippen LogP contribution in [0.25, 0.3) is 11.0 Å². The Morgan fingerprint density at radius 2 is 1.65 bits per heavy atom. The lowest BCUT2D eigenvalue weighted by Crippen LogP contribution is -2.39. The second-order valence-corrected chi connectivity index (χ2v) is 6.40. The number of nitrogens with zero attached hydrogens (tertiary/aromatic N) is 1. The van der Waals surface area contributed by atoms with Gasteiger partial charge in [0.15, 0.2) is 5.78 Å². The molecule has 0 fully saturated rings. The zero-order valence-electron chi connectivity index (χ0n) is 16.1. The molecule has 156 valence electrons. The number of carbonyl (C=O) groups is 5. The molecule has 0 aliphatic carbocycles. The number of nitrogens with one attached hydrogen (secondary N) is 1. The Morgan fingerprint density at radius 1 is 0.968 bits per heavy atom. The van der Waals surface area contributed by atoms with Crippen LogP contribution in [0.2, 0.25) is 0 Å². The van der Waals surface area contributed by atoms with Gasteiger partial charge in [-0.25, -0.2) is 9.78 Å². The summed E-state index contributed by atoms with van der Waals surface area (Å²) in [4.78, 5) is 79.0. The Labute approximate surface area is 174 Å². The molecule has 0 spiro atoms. The summed E-state index contributed by atoms with van der Waals surface area (Å²) in [5.41, 5.74) is 4.22. The first-order chi connectivity index (χ1) is 14.7. The molecule has 2 aromatic carbocycles. The van der Waals surface area contributed by atoms with Crippen molar-refractivity contribution in [1.82, 2.24) is 9.97 Å². The van der Waals surface area contributed by atoms with E-state index in [4.69, 9.17) is 5.73 Å². The predicted octanol–water partition coefficient (Wildman–Crippen LogP) is 0.0342. The van der Waals surface area contributed by atoms with Crippen molar-refractivity contribution in [3.63, 3.8) is 0 Å². The number of methoxy groups -OCH3 is 1. The average molecular weight is 421 g/mol. The van der Waals surface area contributed by atoms with Crippen LogP contribution in [-0.2, 0) is 23.9 Å². The number of carbonyl (C=O) groups excluding carboxylic acids is 5. The van der Waals surface area contributed by atoms with Gasteiger partial charge in [0.05, 0.1) is 18.1 Å². The molecule has 31 heavy (non-hydrogen) atoms. The van der Waals surface area contributed by atoms with Gasteiger partial charge in [-0.3, -0.25) is 24.0 Å². The normalized spacial score (nSPS) is 11.5. The van der Waals surface area contributed by atoms with E-state index in [1.54, 1.807) is 30.3 Å². The number of esters is 1. The first-order valence-electron chi connectivity index (χ1n) is 8.84. The molecule has 10 nitrogen and oxygen atoms in total. The van der Waals surface area contributed by atoms with E-state index in [0.717, 1.165) is 7.11 Å².